The van der Waals surface area contributed by atoms with Gasteiger partial charge in [0.05, 0.1) is 11.0 Å². The average molecular weight is 216 g/mol. The van der Waals surface area contributed by atoms with Gasteiger partial charge in [0.25, 0.3) is 0 Å². The van der Waals surface area contributed by atoms with Crippen LogP contribution in [0.25, 0.3) is 0 Å². The summed E-state index contributed by atoms with van der Waals surface area (Å²) in [4.78, 5) is 2.90. The quantitative estimate of drug-likeness (QED) is 0.681. The van der Waals surface area contributed by atoms with Gasteiger partial charge >= 0.3 is 0 Å². The standard InChI is InChI=1S/C10H20N2OS/c1-8(10(11)14)12-5-2-3-9(7-12)4-6-13/h8-9,13H,2-7H2,1H3,(H2,11,14). The van der Waals surface area contributed by atoms with Crippen LogP contribution in [0.2, 0.25) is 0 Å². The summed E-state index contributed by atoms with van der Waals surface area (Å²) < 4.78 is 0. The van der Waals surface area contributed by atoms with Gasteiger partial charge < -0.3 is 10.8 Å². The molecule has 1 heterocycles. The molecule has 2 unspecified atom stereocenters. The third-order valence-corrected chi connectivity index (χ3v) is 3.39. The normalized spacial score (nSPS) is 26.0. The van der Waals surface area contributed by atoms with E-state index >= 15 is 0 Å². The second kappa shape index (κ2) is 5.63. The van der Waals surface area contributed by atoms with Gasteiger partial charge in [0.1, 0.15) is 0 Å². The Labute approximate surface area is 91.3 Å². The zero-order chi connectivity index (χ0) is 10.6. The molecule has 14 heavy (non-hydrogen) atoms. The van der Waals surface area contributed by atoms with Crippen LogP contribution in [-0.2, 0) is 0 Å². The molecule has 1 fully saturated rings. The number of rotatable bonds is 4. The van der Waals surface area contributed by atoms with Crippen LogP contribution in [0.1, 0.15) is 26.2 Å². The molecule has 1 rings (SSSR count). The maximum absolute atomic E-state index is 8.88. The number of aliphatic hydroxyl groups is 1. The van der Waals surface area contributed by atoms with Crippen LogP contribution in [0.5, 0.6) is 0 Å². The van der Waals surface area contributed by atoms with Crippen LogP contribution in [-0.4, -0.2) is 40.7 Å². The molecule has 2 atom stereocenters. The van der Waals surface area contributed by atoms with Gasteiger partial charge in [-0.15, -0.1) is 0 Å². The van der Waals surface area contributed by atoms with Crippen LogP contribution in [0.3, 0.4) is 0 Å². The minimum atomic E-state index is 0.200. The molecule has 0 aromatic rings. The highest BCUT2D eigenvalue weighted by Crippen LogP contribution is 2.20. The lowest BCUT2D eigenvalue weighted by Gasteiger charge is -2.36. The number of hydrogen-bond acceptors (Lipinski definition) is 3. The molecule has 1 aliphatic heterocycles. The van der Waals surface area contributed by atoms with Crippen molar-refractivity contribution in [2.24, 2.45) is 11.7 Å². The van der Waals surface area contributed by atoms with Crippen molar-refractivity contribution in [3.8, 4) is 0 Å². The lowest BCUT2D eigenvalue weighted by atomic mass is 9.94. The van der Waals surface area contributed by atoms with Gasteiger partial charge in [0.2, 0.25) is 0 Å². The van der Waals surface area contributed by atoms with E-state index in [0.29, 0.717) is 17.5 Å². The Bertz CT molecular complexity index is 197. The third-order valence-electron chi connectivity index (χ3n) is 3.05. The molecule has 0 aliphatic carbocycles. The third kappa shape index (κ3) is 3.19. The molecule has 82 valence electrons. The Morgan fingerprint density at radius 1 is 1.71 bits per heavy atom. The van der Waals surface area contributed by atoms with E-state index in [1.807, 2.05) is 0 Å². The van der Waals surface area contributed by atoms with Crippen molar-refractivity contribution in [2.75, 3.05) is 19.7 Å². The van der Waals surface area contributed by atoms with Gasteiger partial charge in [-0.25, -0.2) is 0 Å². The van der Waals surface area contributed by atoms with Crippen molar-refractivity contribution in [3.63, 3.8) is 0 Å². The minimum Gasteiger partial charge on any atom is -0.396 e. The lowest BCUT2D eigenvalue weighted by Crippen LogP contribution is -2.46. The molecular formula is C10H20N2OS. The summed E-state index contributed by atoms with van der Waals surface area (Å²) in [7, 11) is 0. The van der Waals surface area contributed by atoms with Crippen LogP contribution in [0.4, 0.5) is 0 Å². The molecule has 1 aliphatic rings. The van der Waals surface area contributed by atoms with Crippen LogP contribution in [0, 0.1) is 5.92 Å². The Morgan fingerprint density at radius 2 is 2.43 bits per heavy atom. The number of piperidine rings is 1. The Kier molecular flexibility index (Phi) is 4.78. The maximum Gasteiger partial charge on any atom is 0.0899 e. The molecular weight excluding hydrogens is 196 g/mol. The van der Waals surface area contributed by atoms with Gasteiger partial charge in [-0.1, -0.05) is 12.2 Å². The first kappa shape index (κ1) is 11.9. The van der Waals surface area contributed by atoms with E-state index in [1.54, 1.807) is 0 Å². The minimum absolute atomic E-state index is 0.200. The lowest BCUT2D eigenvalue weighted by molar-refractivity contribution is 0.137. The fourth-order valence-electron chi connectivity index (χ4n) is 2.05. The highest BCUT2D eigenvalue weighted by molar-refractivity contribution is 7.80. The van der Waals surface area contributed by atoms with Crippen LogP contribution >= 0.6 is 12.2 Å². The van der Waals surface area contributed by atoms with Crippen molar-refractivity contribution in [1.29, 1.82) is 0 Å². The Morgan fingerprint density at radius 3 is 3.00 bits per heavy atom. The summed E-state index contributed by atoms with van der Waals surface area (Å²) in [5.41, 5.74) is 5.63. The molecule has 4 heteroatoms. The van der Waals surface area contributed by atoms with E-state index in [0.717, 1.165) is 19.5 Å². The van der Waals surface area contributed by atoms with Crippen LogP contribution in [0.15, 0.2) is 0 Å². The predicted octanol–water partition coefficient (Wildman–Crippen LogP) is 0.755. The van der Waals surface area contributed by atoms with Crippen LogP contribution < -0.4 is 5.73 Å². The summed E-state index contributed by atoms with van der Waals surface area (Å²) in [6.45, 7) is 4.46. The second-order valence-electron chi connectivity index (χ2n) is 4.09. The highest BCUT2D eigenvalue weighted by Gasteiger charge is 2.24. The van der Waals surface area contributed by atoms with E-state index in [2.05, 4.69) is 11.8 Å². The van der Waals surface area contributed by atoms with Crippen molar-refractivity contribution >= 4 is 17.2 Å². The zero-order valence-corrected chi connectivity index (χ0v) is 9.59. The van der Waals surface area contributed by atoms with Crippen molar-refractivity contribution in [3.05, 3.63) is 0 Å². The topological polar surface area (TPSA) is 49.5 Å². The first-order valence-corrected chi connectivity index (χ1v) is 5.70. The summed E-state index contributed by atoms with van der Waals surface area (Å²) in [6, 6.07) is 0.200. The number of nitrogens with two attached hydrogens (primary N) is 1. The molecule has 3 nitrogen and oxygen atoms in total. The first-order chi connectivity index (χ1) is 6.65. The van der Waals surface area contributed by atoms with E-state index < -0.39 is 0 Å². The predicted molar refractivity (Wildman–Crippen MR) is 62.2 cm³/mol. The molecule has 0 saturated carbocycles. The fraction of sp³-hybridized carbons (Fsp3) is 0.900. The largest absolute Gasteiger partial charge is 0.396 e. The van der Waals surface area contributed by atoms with Gasteiger partial charge in [-0.2, -0.15) is 0 Å². The molecule has 1 saturated heterocycles. The van der Waals surface area contributed by atoms with Gasteiger partial charge in [-0.3, -0.25) is 4.90 Å². The van der Waals surface area contributed by atoms with E-state index in [-0.39, 0.29) is 6.04 Å². The van der Waals surface area contributed by atoms with E-state index in [1.165, 1.54) is 12.8 Å². The summed E-state index contributed by atoms with van der Waals surface area (Å²) in [6.07, 6.45) is 3.32. The van der Waals surface area contributed by atoms with Crippen molar-refractivity contribution < 1.29 is 5.11 Å². The van der Waals surface area contributed by atoms with Gasteiger partial charge in [-0.05, 0) is 38.6 Å². The molecule has 0 aromatic heterocycles. The number of hydrogen-bond donors (Lipinski definition) is 2. The summed E-state index contributed by atoms with van der Waals surface area (Å²) >= 11 is 4.99. The highest BCUT2D eigenvalue weighted by atomic mass is 32.1. The average Bonchev–Trinajstić information content (AvgIpc) is 2.17. The molecule has 3 N–H and O–H groups in total. The molecule has 0 amide bonds. The van der Waals surface area contributed by atoms with Crippen molar-refractivity contribution in [2.45, 2.75) is 32.2 Å². The van der Waals surface area contributed by atoms with E-state index in [4.69, 9.17) is 23.1 Å². The summed E-state index contributed by atoms with van der Waals surface area (Å²) in [5.74, 6) is 0.616. The molecule has 0 radical (unpaired) electrons. The monoisotopic (exact) mass is 216 g/mol. The van der Waals surface area contributed by atoms with Gasteiger partial charge in [0, 0.05) is 13.2 Å². The number of likely N-dealkylation sites (tertiary alicyclic amines) is 1. The van der Waals surface area contributed by atoms with E-state index in [9.17, 15) is 0 Å². The van der Waals surface area contributed by atoms with Gasteiger partial charge in [0.15, 0.2) is 0 Å². The summed E-state index contributed by atoms with van der Waals surface area (Å²) in [5, 5.41) is 8.88. The Hall–Kier alpha value is -0.190. The Balaban J connectivity index is 2.43. The number of aliphatic hydroxyl groups excluding tert-OH is 1. The first-order valence-electron chi connectivity index (χ1n) is 5.29. The second-order valence-corrected chi connectivity index (χ2v) is 4.57. The molecule has 0 spiro atoms. The fourth-order valence-corrected chi connectivity index (χ4v) is 2.20. The molecule has 0 bridgehead atoms. The zero-order valence-electron chi connectivity index (χ0n) is 8.78. The smallest absolute Gasteiger partial charge is 0.0899 e. The molecule has 0 aromatic carbocycles. The number of thiocarbonyl (C=S) groups is 1. The maximum atomic E-state index is 8.88. The van der Waals surface area contributed by atoms with Crippen molar-refractivity contribution in [1.82, 2.24) is 4.90 Å². The SMILES string of the molecule is CC(C(N)=S)N1CCCC(CCO)C1. The number of nitrogens with zero attached hydrogens (tertiary/aromatic N) is 1.